The standard InChI is InChI=1S/C16H17N3O2S/c1-21-16(20)19-9-22-8-13(19)15-14-11(6-7-17-15)10-4-2-3-5-12(10)18-14/h2-5,13,18H,6-9H2,1H3. The van der Waals surface area contributed by atoms with Gasteiger partial charge in [0.15, 0.2) is 0 Å². The molecular formula is C16H17N3O2S. The maximum atomic E-state index is 12.0. The number of thioether (sulfide) groups is 1. The molecule has 114 valence electrons. The molecule has 22 heavy (non-hydrogen) atoms. The van der Waals surface area contributed by atoms with Crippen molar-refractivity contribution in [2.24, 2.45) is 4.99 Å². The summed E-state index contributed by atoms with van der Waals surface area (Å²) in [7, 11) is 1.43. The minimum absolute atomic E-state index is 0.00966. The van der Waals surface area contributed by atoms with E-state index in [1.165, 1.54) is 18.1 Å². The van der Waals surface area contributed by atoms with Crippen molar-refractivity contribution in [1.82, 2.24) is 9.88 Å². The first kappa shape index (κ1) is 13.7. The Morgan fingerprint density at radius 2 is 2.32 bits per heavy atom. The van der Waals surface area contributed by atoms with Crippen LogP contribution in [0, 0.1) is 0 Å². The molecule has 0 bridgehead atoms. The fourth-order valence-corrected chi connectivity index (χ4v) is 4.43. The van der Waals surface area contributed by atoms with Gasteiger partial charge in [-0.15, -0.1) is 11.8 Å². The zero-order valence-corrected chi connectivity index (χ0v) is 13.2. The zero-order chi connectivity index (χ0) is 15.1. The third-order valence-corrected chi connectivity index (χ3v) is 5.33. The van der Waals surface area contributed by atoms with Gasteiger partial charge in [0.25, 0.3) is 0 Å². The van der Waals surface area contributed by atoms with E-state index in [0.717, 1.165) is 35.6 Å². The summed E-state index contributed by atoms with van der Waals surface area (Å²) in [6.07, 6.45) is 0.668. The van der Waals surface area contributed by atoms with Crippen molar-refractivity contribution >= 4 is 34.5 Å². The quantitative estimate of drug-likeness (QED) is 0.880. The molecule has 0 saturated carbocycles. The van der Waals surface area contributed by atoms with E-state index < -0.39 is 0 Å². The minimum atomic E-state index is -0.277. The van der Waals surface area contributed by atoms with Crippen molar-refractivity contribution in [3.05, 3.63) is 35.5 Å². The number of benzene rings is 1. The van der Waals surface area contributed by atoms with Gasteiger partial charge in [0.05, 0.1) is 30.4 Å². The smallest absolute Gasteiger partial charge is 0.410 e. The summed E-state index contributed by atoms with van der Waals surface area (Å²) in [5, 5.41) is 1.26. The van der Waals surface area contributed by atoms with E-state index >= 15 is 0 Å². The molecule has 2 aliphatic heterocycles. The lowest BCUT2D eigenvalue weighted by molar-refractivity contribution is 0.130. The Labute approximate surface area is 132 Å². The summed E-state index contributed by atoms with van der Waals surface area (Å²) in [5.74, 6) is 1.52. The number of fused-ring (bicyclic) bond motifs is 3. The molecule has 3 heterocycles. The fraction of sp³-hybridized carbons (Fsp3) is 0.375. The Bertz CT molecular complexity index is 768. The van der Waals surface area contributed by atoms with Gasteiger partial charge < -0.3 is 9.72 Å². The fourth-order valence-electron chi connectivity index (χ4n) is 3.28. The SMILES string of the molecule is COC(=O)N1CSCC1C1=NCCc2c1[nH]c1ccccc21. The van der Waals surface area contributed by atoms with E-state index in [9.17, 15) is 4.79 Å². The van der Waals surface area contributed by atoms with Crippen LogP contribution in [-0.2, 0) is 11.2 Å². The number of aromatic amines is 1. The highest BCUT2D eigenvalue weighted by atomic mass is 32.2. The Morgan fingerprint density at radius 3 is 3.18 bits per heavy atom. The Balaban J connectivity index is 1.78. The van der Waals surface area contributed by atoms with E-state index in [1.54, 1.807) is 16.7 Å². The lowest BCUT2D eigenvalue weighted by Crippen LogP contribution is -2.43. The Kier molecular flexibility index (Phi) is 3.33. The predicted octanol–water partition coefficient (Wildman–Crippen LogP) is 2.65. The van der Waals surface area contributed by atoms with Crippen LogP contribution in [0.15, 0.2) is 29.3 Å². The number of nitrogens with one attached hydrogen (secondary N) is 1. The number of nitrogens with zero attached hydrogens (tertiary/aromatic N) is 2. The van der Waals surface area contributed by atoms with Gasteiger partial charge in [0, 0.05) is 23.2 Å². The lowest BCUT2D eigenvalue weighted by Gasteiger charge is -2.25. The molecule has 1 aromatic heterocycles. The van der Waals surface area contributed by atoms with Gasteiger partial charge in [-0.1, -0.05) is 18.2 Å². The highest BCUT2D eigenvalue weighted by molar-refractivity contribution is 7.99. The lowest BCUT2D eigenvalue weighted by atomic mass is 9.98. The van der Waals surface area contributed by atoms with Gasteiger partial charge >= 0.3 is 6.09 Å². The third kappa shape index (κ3) is 2.01. The second-order valence-electron chi connectivity index (χ2n) is 5.50. The number of amides is 1. The van der Waals surface area contributed by atoms with Crippen molar-refractivity contribution in [3.8, 4) is 0 Å². The molecule has 1 aromatic carbocycles. The molecule has 1 saturated heterocycles. The minimum Gasteiger partial charge on any atom is -0.453 e. The van der Waals surface area contributed by atoms with Gasteiger partial charge in [-0.3, -0.25) is 9.89 Å². The highest BCUT2D eigenvalue weighted by Crippen LogP contribution is 2.31. The Morgan fingerprint density at radius 1 is 1.45 bits per heavy atom. The van der Waals surface area contributed by atoms with Gasteiger partial charge in [0.2, 0.25) is 0 Å². The van der Waals surface area contributed by atoms with Crippen LogP contribution in [0.3, 0.4) is 0 Å². The summed E-state index contributed by atoms with van der Waals surface area (Å²) in [6, 6.07) is 8.33. The molecule has 1 N–H and O–H groups in total. The molecule has 5 nitrogen and oxygen atoms in total. The van der Waals surface area contributed by atoms with Crippen molar-refractivity contribution in [2.75, 3.05) is 25.3 Å². The summed E-state index contributed by atoms with van der Waals surface area (Å²) >= 11 is 1.74. The van der Waals surface area contributed by atoms with Crippen LogP contribution in [0.2, 0.25) is 0 Å². The van der Waals surface area contributed by atoms with Crippen LogP contribution >= 0.6 is 11.8 Å². The molecule has 1 unspecified atom stereocenters. The topological polar surface area (TPSA) is 57.7 Å². The third-order valence-electron chi connectivity index (χ3n) is 4.32. The van der Waals surface area contributed by atoms with E-state index in [2.05, 4.69) is 23.2 Å². The van der Waals surface area contributed by atoms with Gasteiger partial charge in [-0.25, -0.2) is 4.79 Å². The van der Waals surface area contributed by atoms with Crippen molar-refractivity contribution in [2.45, 2.75) is 12.5 Å². The molecule has 2 aliphatic rings. The van der Waals surface area contributed by atoms with E-state index in [-0.39, 0.29) is 12.1 Å². The van der Waals surface area contributed by atoms with Crippen LogP contribution in [0.25, 0.3) is 10.9 Å². The number of hydrogen-bond donors (Lipinski definition) is 1. The average molecular weight is 315 g/mol. The number of aliphatic imine (C=N–C) groups is 1. The van der Waals surface area contributed by atoms with E-state index in [4.69, 9.17) is 9.73 Å². The summed E-state index contributed by atoms with van der Waals surface area (Å²) < 4.78 is 4.91. The molecule has 0 radical (unpaired) electrons. The predicted molar refractivity (Wildman–Crippen MR) is 88.8 cm³/mol. The first-order chi connectivity index (χ1) is 10.8. The maximum absolute atomic E-state index is 12.0. The van der Waals surface area contributed by atoms with Gasteiger partial charge in [-0.2, -0.15) is 0 Å². The van der Waals surface area contributed by atoms with Crippen LogP contribution in [0.1, 0.15) is 11.3 Å². The molecule has 4 rings (SSSR count). The number of ether oxygens (including phenoxy) is 1. The monoisotopic (exact) mass is 315 g/mol. The molecule has 1 amide bonds. The average Bonchev–Trinajstić information content (AvgIpc) is 3.18. The highest BCUT2D eigenvalue weighted by Gasteiger charge is 2.36. The van der Waals surface area contributed by atoms with Crippen molar-refractivity contribution < 1.29 is 9.53 Å². The number of carbonyl (C=O) groups excluding carboxylic acids is 1. The molecule has 6 heteroatoms. The number of carbonyl (C=O) groups is 1. The van der Waals surface area contributed by atoms with Crippen molar-refractivity contribution in [3.63, 3.8) is 0 Å². The zero-order valence-electron chi connectivity index (χ0n) is 12.3. The van der Waals surface area contributed by atoms with Crippen LogP contribution in [0.4, 0.5) is 4.79 Å². The molecule has 1 atom stereocenters. The summed E-state index contributed by atoms with van der Waals surface area (Å²) in [4.78, 5) is 22.0. The summed E-state index contributed by atoms with van der Waals surface area (Å²) in [5.41, 5.74) is 4.54. The Hall–Kier alpha value is -1.95. The normalized spacial score (nSPS) is 20.9. The number of H-pyrrole nitrogens is 1. The maximum Gasteiger partial charge on any atom is 0.410 e. The first-order valence-corrected chi connectivity index (χ1v) is 8.51. The van der Waals surface area contributed by atoms with Gasteiger partial charge in [0.1, 0.15) is 0 Å². The van der Waals surface area contributed by atoms with Gasteiger partial charge in [-0.05, 0) is 18.1 Å². The van der Waals surface area contributed by atoms with Crippen LogP contribution < -0.4 is 0 Å². The van der Waals surface area contributed by atoms with Crippen molar-refractivity contribution in [1.29, 1.82) is 0 Å². The molecule has 1 fully saturated rings. The number of hydrogen-bond acceptors (Lipinski definition) is 4. The number of para-hydroxylation sites is 1. The summed E-state index contributed by atoms with van der Waals surface area (Å²) in [6.45, 7) is 0.778. The second kappa shape index (κ2) is 5.35. The molecule has 0 spiro atoms. The number of methoxy groups -OCH3 is 1. The molecular weight excluding hydrogens is 298 g/mol. The van der Waals surface area contributed by atoms with Crippen LogP contribution in [0.5, 0.6) is 0 Å². The van der Waals surface area contributed by atoms with Crippen LogP contribution in [-0.4, -0.2) is 53.0 Å². The number of aromatic nitrogens is 1. The number of rotatable bonds is 1. The largest absolute Gasteiger partial charge is 0.453 e. The molecule has 0 aliphatic carbocycles. The second-order valence-corrected chi connectivity index (χ2v) is 6.50. The molecule has 2 aromatic rings. The van der Waals surface area contributed by atoms with E-state index in [0.29, 0.717) is 5.88 Å². The van der Waals surface area contributed by atoms with E-state index in [1.807, 2.05) is 6.07 Å². The first-order valence-electron chi connectivity index (χ1n) is 7.36.